The third-order valence-corrected chi connectivity index (χ3v) is 9.61. The van der Waals surface area contributed by atoms with Crippen molar-refractivity contribution in [2.75, 3.05) is 0 Å². The van der Waals surface area contributed by atoms with Gasteiger partial charge < -0.3 is 18.9 Å². The third kappa shape index (κ3) is 5.54. The Kier molecular flexibility index (Phi) is 8.17. The summed E-state index contributed by atoms with van der Waals surface area (Å²) < 4.78 is 25.2. The van der Waals surface area contributed by atoms with Gasteiger partial charge in [-0.1, -0.05) is 67.6 Å². The van der Waals surface area contributed by atoms with Gasteiger partial charge in [0.25, 0.3) is 0 Å². The lowest BCUT2D eigenvalue weighted by atomic mass is 9.49. The van der Waals surface area contributed by atoms with Crippen molar-refractivity contribution in [2.45, 2.75) is 83.4 Å². The quantitative estimate of drug-likeness (QED) is 0.223. The van der Waals surface area contributed by atoms with Gasteiger partial charge in [0.15, 0.2) is 6.10 Å². The number of esters is 3. The Bertz CT molecular complexity index is 1360. The Hall–Kier alpha value is -3.71. The number of benzene rings is 2. The van der Waals surface area contributed by atoms with Crippen molar-refractivity contribution < 1.29 is 33.3 Å². The highest BCUT2D eigenvalue weighted by Gasteiger charge is 2.75. The summed E-state index contributed by atoms with van der Waals surface area (Å²) in [7, 11) is 0. The molecule has 7 nitrogen and oxygen atoms in total. The van der Waals surface area contributed by atoms with Crippen LogP contribution in [0.2, 0.25) is 0 Å². The number of ether oxygens (including phenoxy) is 4. The molecule has 0 aromatic heterocycles. The molecule has 2 aromatic rings. The number of carbonyl (C=O) groups is 3. The molecule has 0 N–H and O–H groups in total. The maximum atomic E-state index is 13.2. The van der Waals surface area contributed by atoms with E-state index in [1.54, 1.807) is 12.2 Å². The van der Waals surface area contributed by atoms with E-state index in [0.717, 1.165) is 17.5 Å². The van der Waals surface area contributed by atoms with Crippen LogP contribution in [-0.2, 0) is 33.3 Å². The van der Waals surface area contributed by atoms with Crippen LogP contribution in [0.1, 0.15) is 65.0 Å². The molecule has 222 valence electrons. The summed E-state index contributed by atoms with van der Waals surface area (Å²) in [5.74, 6) is -1.46. The van der Waals surface area contributed by atoms with E-state index in [1.807, 2.05) is 67.6 Å². The van der Waals surface area contributed by atoms with Gasteiger partial charge in [-0.2, -0.15) is 0 Å². The Morgan fingerprint density at radius 1 is 0.810 bits per heavy atom. The highest BCUT2D eigenvalue weighted by Crippen LogP contribution is 2.67. The first-order chi connectivity index (χ1) is 19.9. The zero-order valence-corrected chi connectivity index (χ0v) is 24.9. The van der Waals surface area contributed by atoms with Gasteiger partial charge in [-0.05, 0) is 75.1 Å². The maximum absolute atomic E-state index is 13.2. The molecule has 2 aromatic carbocycles. The van der Waals surface area contributed by atoms with Crippen LogP contribution in [0.4, 0.5) is 0 Å². The molecular formula is C35H40O7. The van der Waals surface area contributed by atoms with Crippen molar-refractivity contribution in [3.8, 4) is 0 Å². The Morgan fingerprint density at radius 2 is 1.36 bits per heavy atom. The average molecular weight is 573 g/mol. The fraction of sp³-hybridized carbons (Fsp3) is 0.457. The summed E-state index contributed by atoms with van der Waals surface area (Å²) in [5, 5.41) is 0. The number of carbonyl (C=O) groups excluding carboxylic acids is 3. The SMILES string of the molecule is CC(=O)O[C@H]1[C@@H](OC(=O)/C=C/c2ccccc2)C[C@@H](C)[C@@]23C[C@@H](C[C@H](OC(=O)/C=C\c4ccccc4)[C@]12C)C(C)(C)O3. The zero-order valence-electron chi connectivity index (χ0n) is 24.9. The van der Waals surface area contributed by atoms with Crippen molar-refractivity contribution in [2.24, 2.45) is 17.3 Å². The lowest BCUT2D eigenvalue weighted by Crippen LogP contribution is -2.71. The second-order valence-electron chi connectivity index (χ2n) is 12.6. The zero-order chi connectivity index (χ0) is 30.1. The molecule has 3 aliphatic rings. The second kappa shape index (κ2) is 11.5. The minimum atomic E-state index is -0.981. The van der Waals surface area contributed by atoms with Gasteiger partial charge in [0.2, 0.25) is 0 Å². The van der Waals surface area contributed by atoms with Gasteiger partial charge in [0.05, 0.1) is 16.6 Å². The van der Waals surface area contributed by atoms with E-state index in [2.05, 4.69) is 20.8 Å². The minimum absolute atomic E-state index is 0.0733. The number of fused-ring (bicyclic) bond motifs is 1. The summed E-state index contributed by atoms with van der Waals surface area (Å²) in [6, 6.07) is 19.0. The Balaban J connectivity index is 1.47. The van der Waals surface area contributed by atoms with E-state index >= 15 is 0 Å². The number of rotatable bonds is 7. The monoisotopic (exact) mass is 572 g/mol. The molecule has 0 unspecified atom stereocenters. The Labute approximate surface area is 247 Å². The van der Waals surface area contributed by atoms with Crippen LogP contribution in [-0.4, -0.2) is 47.4 Å². The van der Waals surface area contributed by atoms with Gasteiger partial charge in [0.1, 0.15) is 12.2 Å². The molecule has 3 fully saturated rings. The number of hydrogen-bond donors (Lipinski definition) is 0. The molecule has 0 radical (unpaired) electrons. The molecule has 2 bridgehead atoms. The van der Waals surface area contributed by atoms with Crippen LogP contribution in [0.15, 0.2) is 72.8 Å². The molecule has 42 heavy (non-hydrogen) atoms. The molecular weight excluding hydrogens is 532 g/mol. The molecule has 2 saturated carbocycles. The van der Waals surface area contributed by atoms with E-state index in [9.17, 15) is 14.4 Å². The van der Waals surface area contributed by atoms with Crippen LogP contribution >= 0.6 is 0 Å². The molecule has 2 aliphatic carbocycles. The highest BCUT2D eigenvalue weighted by atomic mass is 16.6. The van der Waals surface area contributed by atoms with Gasteiger partial charge in [-0.3, -0.25) is 4.79 Å². The van der Waals surface area contributed by atoms with E-state index in [4.69, 9.17) is 18.9 Å². The molecule has 0 amide bonds. The summed E-state index contributed by atoms with van der Waals surface area (Å²) in [4.78, 5) is 38.8. The minimum Gasteiger partial charge on any atom is -0.458 e. The fourth-order valence-corrected chi connectivity index (χ4v) is 7.47. The van der Waals surface area contributed by atoms with Crippen LogP contribution in [0, 0.1) is 17.3 Å². The van der Waals surface area contributed by atoms with Gasteiger partial charge in [-0.15, -0.1) is 0 Å². The van der Waals surface area contributed by atoms with Crippen molar-refractivity contribution in [3.63, 3.8) is 0 Å². The first-order valence-corrected chi connectivity index (χ1v) is 14.7. The molecule has 7 heteroatoms. The van der Waals surface area contributed by atoms with Crippen molar-refractivity contribution >= 4 is 30.1 Å². The molecule has 1 saturated heterocycles. The second-order valence-corrected chi connectivity index (χ2v) is 12.6. The molecule has 7 atom stereocenters. The standard InChI is InChI=1S/C35H40O7/c1-23-20-28(40-30(37)18-16-25-12-8-6-9-13-25)32(39-24(2)36)34(5)29(21-27-22-35(23,34)42-33(27,3)4)41-31(38)19-17-26-14-10-7-11-15-26/h6-19,23,27-29,32H,20-22H2,1-5H3/b18-16+,19-17-/t23-,27-,28+,29+,32+,34-,35+/m1/s1. The lowest BCUT2D eigenvalue weighted by Gasteiger charge is -2.61. The molecule has 1 heterocycles. The Morgan fingerprint density at radius 3 is 1.90 bits per heavy atom. The van der Waals surface area contributed by atoms with Crippen molar-refractivity contribution in [3.05, 3.63) is 83.9 Å². The van der Waals surface area contributed by atoms with Crippen LogP contribution in [0.5, 0.6) is 0 Å². The predicted octanol–water partition coefficient (Wildman–Crippen LogP) is 6.17. The lowest BCUT2D eigenvalue weighted by molar-refractivity contribution is -0.284. The third-order valence-electron chi connectivity index (χ3n) is 9.61. The first-order valence-electron chi connectivity index (χ1n) is 14.7. The molecule has 1 spiro atoms. The fourth-order valence-electron chi connectivity index (χ4n) is 7.47. The van der Waals surface area contributed by atoms with Gasteiger partial charge in [-0.25, -0.2) is 9.59 Å². The molecule has 1 aliphatic heterocycles. The van der Waals surface area contributed by atoms with Crippen LogP contribution < -0.4 is 0 Å². The van der Waals surface area contributed by atoms with Gasteiger partial charge >= 0.3 is 17.9 Å². The van der Waals surface area contributed by atoms with Crippen LogP contribution in [0.25, 0.3) is 12.2 Å². The van der Waals surface area contributed by atoms with Crippen LogP contribution in [0.3, 0.4) is 0 Å². The van der Waals surface area contributed by atoms with Crippen molar-refractivity contribution in [1.82, 2.24) is 0 Å². The smallest absolute Gasteiger partial charge is 0.331 e. The molecule has 5 rings (SSSR count). The highest BCUT2D eigenvalue weighted by molar-refractivity contribution is 5.88. The predicted molar refractivity (Wildman–Crippen MR) is 159 cm³/mol. The normalized spacial score (nSPS) is 33.2. The summed E-state index contributed by atoms with van der Waals surface area (Å²) in [5.41, 5.74) is -0.463. The summed E-state index contributed by atoms with van der Waals surface area (Å²) in [6.45, 7) is 9.53. The van der Waals surface area contributed by atoms with E-state index in [-0.39, 0.29) is 11.8 Å². The van der Waals surface area contributed by atoms with Gasteiger partial charge in [0, 0.05) is 19.1 Å². The van der Waals surface area contributed by atoms with E-state index in [0.29, 0.717) is 12.8 Å². The topological polar surface area (TPSA) is 88.1 Å². The summed E-state index contributed by atoms with van der Waals surface area (Å²) >= 11 is 0. The largest absolute Gasteiger partial charge is 0.458 e. The van der Waals surface area contributed by atoms with Crippen molar-refractivity contribution in [1.29, 1.82) is 0 Å². The number of hydrogen-bond acceptors (Lipinski definition) is 7. The first kappa shape index (κ1) is 29.8. The van der Waals surface area contributed by atoms with E-state index in [1.165, 1.54) is 19.1 Å². The average Bonchev–Trinajstić information content (AvgIpc) is 3.20. The summed E-state index contributed by atoms with van der Waals surface area (Å²) in [6.07, 6.45) is 5.65. The maximum Gasteiger partial charge on any atom is 0.331 e. The van der Waals surface area contributed by atoms with E-state index < -0.39 is 52.8 Å².